The summed E-state index contributed by atoms with van der Waals surface area (Å²) in [6.07, 6.45) is 0.622. The molecule has 0 bridgehead atoms. The maximum Gasteiger partial charge on any atom is 0.333 e. The van der Waals surface area contributed by atoms with Crippen molar-refractivity contribution in [2.24, 2.45) is 0 Å². The molecule has 3 aromatic heterocycles. The van der Waals surface area contributed by atoms with E-state index in [4.69, 9.17) is 4.98 Å². The van der Waals surface area contributed by atoms with Gasteiger partial charge in [0.15, 0.2) is 17.0 Å². The number of nitrogens with zero attached hydrogens (tertiary/aromatic N) is 7. The van der Waals surface area contributed by atoms with Gasteiger partial charge in [-0.25, -0.2) is 14.9 Å². The molecule has 0 aliphatic rings. The first-order chi connectivity index (χ1) is 20.0. The minimum absolute atomic E-state index is 0.329. The van der Waals surface area contributed by atoms with Crippen LogP contribution in [-0.2, 0) is 19.5 Å². The van der Waals surface area contributed by atoms with E-state index in [-0.39, 0.29) is 11.2 Å². The number of H-pyrrole nitrogens is 1. The second-order valence-electron chi connectivity index (χ2n) is 9.92. The highest BCUT2D eigenvalue weighted by molar-refractivity contribution is 5.80. The van der Waals surface area contributed by atoms with Crippen molar-refractivity contribution >= 4 is 11.2 Å². The quantitative estimate of drug-likeness (QED) is 0.302. The molecule has 10 heteroatoms. The molecular formula is C31H30N8O2. The summed E-state index contributed by atoms with van der Waals surface area (Å²) in [6.45, 7) is 6.65. The topological polar surface area (TPSA) is 116 Å². The number of aromatic nitrogens is 8. The zero-order chi connectivity index (χ0) is 28.5. The van der Waals surface area contributed by atoms with Crippen molar-refractivity contribution in [3.8, 4) is 22.5 Å². The second-order valence-corrected chi connectivity index (χ2v) is 9.92. The Balaban J connectivity index is 1.44. The van der Waals surface area contributed by atoms with Gasteiger partial charge in [-0.1, -0.05) is 85.8 Å². The van der Waals surface area contributed by atoms with E-state index in [2.05, 4.69) is 44.9 Å². The molecule has 0 saturated carbocycles. The van der Waals surface area contributed by atoms with Gasteiger partial charge in [-0.3, -0.25) is 13.9 Å². The molecule has 0 aliphatic heterocycles. The van der Waals surface area contributed by atoms with E-state index in [1.807, 2.05) is 79.9 Å². The van der Waals surface area contributed by atoms with Crippen LogP contribution < -0.4 is 11.2 Å². The van der Waals surface area contributed by atoms with E-state index in [0.717, 1.165) is 33.6 Å². The Hall–Kier alpha value is -5.12. The van der Waals surface area contributed by atoms with Gasteiger partial charge in [0.05, 0.1) is 6.04 Å². The highest BCUT2D eigenvalue weighted by atomic mass is 16.2. The molecule has 0 saturated heterocycles. The first-order valence-electron chi connectivity index (χ1n) is 13.7. The molecule has 3 heterocycles. The molecule has 6 aromatic rings. The average Bonchev–Trinajstić information content (AvgIpc) is 3.67. The summed E-state index contributed by atoms with van der Waals surface area (Å²) in [7, 11) is 0. The molecule has 1 unspecified atom stereocenters. The second kappa shape index (κ2) is 10.8. The Morgan fingerprint density at radius 3 is 2.22 bits per heavy atom. The lowest BCUT2D eigenvalue weighted by atomic mass is 9.98. The fourth-order valence-corrected chi connectivity index (χ4v) is 5.44. The van der Waals surface area contributed by atoms with Crippen LogP contribution in [0.1, 0.15) is 43.8 Å². The third kappa shape index (κ3) is 4.57. The Morgan fingerprint density at radius 2 is 1.56 bits per heavy atom. The maximum atomic E-state index is 14.0. The van der Waals surface area contributed by atoms with E-state index >= 15 is 0 Å². The molecule has 1 N–H and O–H groups in total. The minimum Gasteiger partial charge on any atom is -0.318 e. The number of imidazole rings is 1. The number of hydrogen-bond acceptors (Lipinski definition) is 6. The standard InChI is InChI=1S/C31H30N8O2/c1-4-26-32-29-27(30(40)39(31(41)37(29)5-2)20(3)22-11-7-6-8-12-22)38(26)19-21-15-17-23(18-16-21)24-13-9-10-14-25(24)28-33-35-36-34-28/h6-18,20H,4-5,19H2,1-3H3,(H,33,34,35,36). The SMILES string of the molecule is CCc1nc2c(c(=O)n(C(C)c3ccccc3)c(=O)n2CC)n1Cc1ccc(-c2ccccc2-c2nnn[nH]2)cc1. The lowest BCUT2D eigenvalue weighted by molar-refractivity contribution is 0.542. The van der Waals surface area contributed by atoms with Crippen LogP contribution in [0.2, 0.25) is 0 Å². The molecule has 0 radical (unpaired) electrons. The normalized spacial score (nSPS) is 12.2. The summed E-state index contributed by atoms with van der Waals surface area (Å²) < 4.78 is 4.92. The zero-order valence-corrected chi connectivity index (χ0v) is 23.2. The van der Waals surface area contributed by atoms with Crippen molar-refractivity contribution in [1.82, 2.24) is 39.3 Å². The van der Waals surface area contributed by atoms with Crippen molar-refractivity contribution in [2.45, 2.75) is 46.3 Å². The van der Waals surface area contributed by atoms with Gasteiger partial charge in [0.25, 0.3) is 5.56 Å². The fourth-order valence-electron chi connectivity index (χ4n) is 5.44. The van der Waals surface area contributed by atoms with Crippen LogP contribution in [0.3, 0.4) is 0 Å². The number of fused-ring (bicyclic) bond motifs is 1. The average molecular weight is 547 g/mol. The summed E-state index contributed by atoms with van der Waals surface area (Å²) >= 11 is 0. The Bertz CT molecular complexity index is 1940. The molecule has 0 fully saturated rings. The number of benzene rings is 3. The molecule has 1 atom stereocenters. The number of aromatic amines is 1. The van der Waals surface area contributed by atoms with Crippen molar-refractivity contribution in [1.29, 1.82) is 0 Å². The lowest BCUT2D eigenvalue weighted by Crippen LogP contribution is -2.42. The zero-order valence-electron chi connectivity index (χ0n) is 23.2. The molecule has 0 amide bonds. The van der Waals surface area contributed by atoms with Crippen LogP contribution in [0.5, 0.6) is 0 Å². The van der Waals surface area contributed by atoms with Crippen LogP contribution >= 0.6 is 0 Å². The van der Waals surface area contributed by atoms with Crippen LogP contribution in [0.25, 0.3) is 33.7 Å². The smallest absolute Gasteiger partial charge is 0.318 e. The maximum absolute atomic E-state index is 14.0. The predicted octanol–water partition coefficient (Wildman–Crippen LogP) is 4.45. The van der Waals surface area contributed by atoms with E-state index in [1.54, 1.807) is 4.57 Å². The first kappa shape index (κ1) is 26.1. The first-order valence-corrected chi connectivity index (χ1v) is 13.7. The molecular weight excluding hydrogens is 516 g/mol. The number of hydrogen-bond donors (Lipinski definition) is 1. The van der Waals surface area contributed by atoms with E-state index in [0.29, 0.717) is 36.5 Å². The molecule has 3 aromatic carbocycles. The highest BCUT2D eigenvalue weighted by Gasteiger charge is 2.23. The van der Waals surface area contributed by atoms with Crippen molar-refractivity contribution in [3.63, 3.8) is 0 Å². The number of rotatable bonds is 8. The van der Waals surface area contributed by atoms with E-state index < -0.39 is 6.04 Å². The number of aryl methyl sites for hydroxylation is 2. The lowest BCUT2D eigenvalue weighted by Gasteiger charge is -2.17. The van der Waals surface area contributed by atoms with Crippen molar-refractivity contribution in [2.75, 3.05) is 0 Å². The van der Waals surface area contributed by atoms with Gasteiger partial charge < -0.3 is 4.57 Å². The molecule has 206 valence electrons. The number of nitrogens with one attached hydrogen (secondary N) is 1. The Labute approximate surface area is 235 Å². The van der Waals surface area contributed by atoms with Crippen molar-refractivity contribution in [3.05, 3.63) is 117 Å². The summed E-state index contributed by atoms with van der Waals surface area (Å²) in [5, 5.41) is 14.3. The molecule has 6 rings (SSSR count). The highest BCUT2D eigenvalue weighted by Crippen LogP contribution is 2.30. The summed E-state index contributed by atoms with van der Waals surface area (Å²) in [6, 6.07) is 25.4. The van der Waals surface area contributed by atoms with Crippen LogP contribution in [0, 0.1) is 0 Å². The van der Waals surface area contributed by atoms with Crippen LogP contribution in [0.4, 0.5) is 0 Å². The van der Waals surface area contributed by atoms with Gasteiger partial charge in [0.1, 0.15) is 5.82 Å². The van der Waals surface area contributed by atoms with Gasteiger partial charge in [-0.15, -0.1) is 5.10 Å². The van der Waals surface area contributed by atoms with Gasteiger partial charge in [-0.05, 0) is 46.5 Å². The van der Waals surface area contributed by atoms with E-state index in [9.17, 15) is 9.59 Å². The fraction of sp³-hybridized carbons (Fsp3) is 0.226. The third-order valence-corrected chi connectivity index (χ3v) is 7.58. The Morgan fingerprint density at radius 1 is 0.854 bits per heavy atom. The van der Waals surface area contributed by atoms with Crippen LogP contribution in [-0.4, -0.2) is 39.3 Å². The molecule has 0 aliphatic carbocycles. The van der Waals surface area contributed by atoms with Gasteiger partial charge >= 0.3 is 5.69 Å². The van der Waals surface area contributed by atoms with Gasteiger partial charge in [-0.2, -0.15) is 0 Å². The summed E-state index contributed by atoms with van der Waals surface area (Å²) in [5.74, 6) is 1.36. The predicted molar refractivity (Wildman–Crippen MR) is 158 cm³/mol. The number of tetrazole rings is 1. The molecule has 41 heavy (non-hydrogen) atoms. The Kier molecular flexibility index (Phi) is 6.88. The monoisotopic (exact) mass is 546 g/mol. The minimum atomic E-state index is -0.425. The van der Waals surface area contributed by atoms with E-state index in [1.165, 1.54) is 4.57 Å². The van der Waals surface area contributed by atoms with Gasteiger partial charge in [0.2, 0.25) is 0 Å². The van der Waals surface area contributed by atoms with Gasteiger partial charge in [0, 0.05) is 25.1 Å². The largest absolute Gasteiger partial charge is 0.333 e. The summed E-state index contributed by atoms with van der Waals surface area (Å²) in [4.78, 5) is 32.4. The molecule has 10 nitrogen and oxygen atoms in total. The summed E-state index contributed by atoms with van der Waals surface area (Å²) in [5.41, 5.74) is 5.04. The third-order valence-electron chi connectivity index (χ3n) is 7.58. The van der Waals surface area contributed by atoms with Crippen LogP contribution in [0.15, 0.2) is 88.5 Å². The van der Waals surface area contributed by atoms with Crippen molar-refractivity contribution < 1.29 is 0 Å². The molecule has 0 spiro atoms.